The van der Waals surface area contributed by atoms with Crippen molar-refractivity contribution < 1.29 is 0 Å². The van der Waals surface area contributed by atoms with Crippen LogP contribution in [0.15, 0.2) is 22.8 Å². The molecule has 2 radical (unpaired) electrons. The average Bonchev–Trinajstić information content (AvgIpc) is 1.86. The van der Waals surface area contributed by atoms with Crippen LogP contribution in [0.2, 0.25) is 0 Å². The van der Waals surface area contributed by atoms with Crippen LogP contribution >= 0.6 is 0 Å². The summed E-state index contributed by atoms with van der Waals surface area (Å²) < 4.78 is 0. The van der Waals surface area contributed by atoms with Crippen LogP contribution in [0.1, 0.15) is 0 Å². The Labute approximate surface area is 44.8 Å². The molecular formula is C4H4SeSi. The van der Waals surface area contributed by atoms with Crippen LogP contribution < -0.4 is 0 Å². The molecule has 0 unspecified atom stereocenters. The van der Waals surface area contributed by atoms with Gasteiger partial charge >= 0.3 is 44.3 Å². The van der Waals surface area contributed by atoms with Crippen LogP contribution in [0, 0.1) is 0 Å². The topological polar surface area (TPSA) is 0 Å². The van der Waals surface area contributed by atoms with E-state index in [9.17, 15) is 0 Å². The van der Waals surface area contributed by atoms with Gasteiger partial charge in [0.1, 0.15) is 0 Å². The van der Waals surface area contributed by atoms with Crippen molar-refractivity contribution in [3.05, 3.63) is 22.8 Å². The van der Waals surface area contributed by atoms with Gasteiger partial charge < -0.3 is 0 Å². The number of rotatable bonds is 0. The molecule has 0 aromatic rings. The first-order valence-corrected chi connectivity index (χ1v) is 6.13. The molecule has 0 bridgehead atoms. The first kappa shape index (κ1) is 4.38. The van der Waals surface area contributed by atoms with Gasteiger partial charge in [-0.2, -0.15) is 0 Å². The summed E-state index contributed by atoms with van der Waals surface area (Å²) in [7, 11) is 1.04. The molecule has 2 heteroatoms. The van der Waals surface area contributed by atoms with Gasteiger partial charge in [-0.3, -0.25) is 0 Å². The van der Waals surface area contributed by atoms with Crippen LogP contribution in [-0.4, -0.2) is 21.5 Å². The maximum atomic E-state index is 3.80. The predicted molar refractivity (Wildman–Crippen MR) is 29.8 cm³/mol. The zero-order valence-corrected chi connectivity index (χ0v) is 5.98. The molecule has 0 aromatic carbocycles. The fraction of sp³-hybridized carbons (Fsp3) is 0. The second-order valence-corrected chi connectivity index (χ2v) is 5.47. The summed E-state index contributed by atoms with van der Waals surface area (Å²) in [6.07, 6.45) is 2.12. The van der Waals surface area contributed by atoms with Gasteiger partial charge in [0.25, 0.3) is 0 Å². The SMILES string of the molecule is C=C1C=C[Se]=[Si]1. The molecule has 0 N–H and O–H groups in total. The summed E-state index contributed by atoms with van der Waals surface area (Å²) >= 11 is 0.789. The van der Waals surface area contributed by atoms with E-state index in [1.807, 2.05) is 0 Å². The molecule has 0 fully saturated rings. The molecule has 0 aromatic heterocycles. The van der Waals surface area contributed by atoms with E-state index in [4.69, 9.17) is 0 Å². The fourth-order valence-electron chi connectivity index (χ4n) is 0.260. The van der Waals surface area contributed by atoms with E-state index in [0.29, 0.717) is 0 Å². The Morgan fingerprint density at radius 1 is 1.83 bits per heavy atom. The molecule has 1 aliphatic heterocycles. The van der Waals surface area contributed by atoms with Gasteiger partial charge in [-0.15, -0.1) is 0 Å². The summed E-state index contributed by atoms with van der Waals surface area (Å²) in [5, 5.41) is 1.33. The Morgan fingerprint density at radius 2 is 2.67 bits per heavy atom. The summed E-state index contributed by atoms with van der Waals surface area (Å²) in [6, 6.07) is 0. The molecule has 0 atom stereocenters. The summed E-state index contributed by atoms with van der Waals surface area (Å²) in [5.41, 5.74) is 0. The molecule has 1 rings (SSSR count). The van der Waals surface area contributed by atoms with Gasteiger partial charge in [0.15, 0.2) is 0 Å². The standard InChI is InChI=1S/C4H4SeSi/c1-4-2-3-5-6-4/h2-3H,1H2. The number of hydrogen-bond donors (Lipinski definition) is 0. The van der Waals surface area contributed by atoms with Crippen molar-refractivity contribution in [1.29, 1.82) is 0 Å². The third kappa shape index (κ3) is 0.838. The molecule has 0 saturated heterocycles. The predicted octanol–water partition coefficient (Wildman–Crippen LogP) is 0.351. The first-order valence-electron chi connectivity index (χ1n) is 1.67. The van der Waals surface area contributed by atoms with E-state index < -0.39 is 0 Å². The fourth-order valence-corrected chi connectivity index (χ4v) is 3.55. The molecule has 30 valence electrons. The van der Waals surface area contributed by atoms with Crippen molar-refractivity contribution in [2.45, 2.75) is 0 Å². The molecule has 6 heavy (non-hydrogen) atoms. The van der Waals surface area contributed by atoms with Gasteiger partial charge in [0.05, 0.1) is 0 Å². The van der Waals surface area contributed by atoms with Crippen molar-refractivity contribution in [2.24, 2.45) is 0 Å². The van der Waals surface area contributed by atoms with Gasteiger partial charge in [0.2, 0.25) is 0 Å². The Hall–Kier alpha value is 0.216. The van der Waals surface area contributed by atoms with E-state index in [2.05, 4.69) is 17.6 Å². The van der Waals surface area contributed by atoms with E-state index in [0.717, 1.165) is 21.5 Å². The zero-order chi connectivity index (χ0) is 4.41. The van der Waals surface area contributed by atoms with Crippen LogP contribution in [0.25, 0.3) is 0 Å². The molecule has 1 aliphatic rings. The maximum absolute atomic E-state index is 3.80. The molecular weight excluding hydrogens is 155 g/mol. The summed E-state index contributed by atoms with van der Waals surface area (Å²) in [6.45, 7) is 3.80. The third-order valence-corrected chi connectivity index (χ3v) is 4.74. The van der Waals surface area contributed by atoms with Crippen molar-refractivity contribution >= 4 is 21.5 Å². The van der Waals surface area contributed by atoms with Gasteiger partial charge in [-0.05, 0) is 0 Å². The van der Waals surface area contributed by atoms with Gasteiger partial charge in [-0.1, -0.05) is 0 Å². The molecule has 0 saturated carbocycles. The second kappa shape index (κ2) is 1.78. The van der Waals surface area contributed by atoms with E-state index >= 15 is 0 Å². The monoisotopic (exact) mass is 160 g/mol. The Kier molecular flexibility index (Phi) is 1.30. The van der Waals surface area contributed by atoms with Crippen molar-refractivity contribution in [1.82, 2.24) is 0 Å². The van der Waals surface area contributed by atoms with Gasteiger partial charge in [-0.25, -0.2) is 0 Å². The van der Waals surface area contributed by atoms with Crippen LogP contribution in [0.4, 0.5) is 0 Å². The molecule has 1 heterocycles. The van der Waals surface area contributed by atoms with Crippen molar-refractivity contribution in [3.8, 4) is 0 Å². The number of allylic oxidation sites excluding steroid dienone is 2. The van der Waals surface area contributed by atoms with Gasteiger partial charge in [0, 0.05) is 0 Å². The normalized spacial score (nSPS) is 17.0. The number of hydrogen-bond acceptors (Lipinski definition) is 0. The molecule has 0 amide bonds. The minimum absolute atomic E-state index is 0.789. The van der Waals surface area contributed by atoms with Crippen molar-refractivity contribution in [3.63, 3.8) is 0 Å². The zero-order valence-electron chi connectivity index (χ0n) is 3.27. The minimum atomic E-state index is 0.789. The first-order chi connectivity index (χ1) is 2.89. The summed E-state index contributed by atoms with van der Waals surface area (Å²) in [5.74, 6) is 0. The van der Waals surface area contributed by atoms with Crippen LogP contribution in [0.3, 0.4) is 0 Å². The van der Waals surface area contributed by atoms with Crippen LogP contribution in [-0.2, 0) is 0 Å². The molecule has 0 aliphatic carbocycles. The summed E-state index contributed by atoms with van der Waals surface area (Å²) in [4.78, 5) is 2.23. The van der Waals surface area contributed by atoms with E-state index in [1.54, 1.807) is 0 Å². The molecule has 0 spiro atoms. The van der Waals surface area contributed by atoms with Crippen molar-refractivity contribution in [2.75, 3.05) is 0 Å². The third-order valence-electron chi connectivity index (χ3n) is 0.527. The Balaban J connectivity index is 2.86. The van der Waals surface area contributed by atoms with Crippen LogP contribution in [0.5, 0.6) is 0 Å². The van der Waals surface area contributed by atoms with E-state index in [1.165, 1.54) is 5.20 Å². The Bertz CT molecular complexity index is 110. The molecule has 0 nitrogen and oxygen atoms in total. The second-order valence-electron chi connectivity index (χ2n) is 1.05. The van der Waals surface area contributed by atoms with E-state index in [-0.39, 0.29) is 0 Å². The quantitative estimate of drug-likeness (QED) is 0.447. The average molecular weight is 159 g/mol. The Morgan fingerprint density at radius 3 is 2.83 bits per heavy atom.